The van der Waals surface area contributed by atoms with Gasteiger partial charge in [0, 0.05) is 17.6 Å². The highest BCUT2D eigenvalue weighted by atomic mass is 16.5. The van der Waals surface area contributed by atoms with Crippen LogP contribution in [0.5, 0.6) is 11.5 Å². The summed E-state index contributed by atoms with van der Waals surface area (Å²) in [5, 5.41) is 13.8. The van der Waals surface area contributed by atoms with Crippen LogP contribution in [0.4, 0.5) is 5.69 Å². The number of fused-ring (bicyclic) bond motifs is 1. The van der Waals surface area contributed by atoms with Gasteiger partial charge in [-0.3, -0.25) is 9.59 Å². The van der Waals surface area contributed by atoms with Gasteiger partial charge in [0.15, 0.2) is 0 Å². The minimum atomic E-state index is -0.647. The monoisotopic (exact) mass is 366 g/mol. The highest BCUT2D eigenvalue weighted by Gasteiger charge is 2.22. The molecule has 140 valence electrons. The summed E-state index contributed by atoms with van der Waals surface area (Å²) in [5.41, 5.74) is 0.342. The van der Waals surface area contributed by atoms with E-state index in [0.717, 1.165) is 0 Å². The number of ether oxygens (including phenoxy) is 1. The lowest BCUT2D eigenvalue weighted by Gasteiger charge is -2.16. The van der Waals surface area contributed by atoms with Crippen LogP contribution in [0.2, 0.25) is 0 Å². The predicted octanol–water partition coefficient (Wildman–Crippen LogP) is 3.62. The first-order valence-electron chi connectivity index (χ1n) is 8.72. The largest absolute Gasteiger partial charge is 0.506 e. The molecule has 0 aliphatic heterocycles. The van der Waals surface area contributed by atoms with E-state index >= 15 is 0 Å². The molecule has 27 heavy (non-hydrogen) atoms. The maximum Gasteiger partial charge on any atom is 0.267 e. The molecule has 2 N–H and O–H groups in total. The minimum absolute atomic E-state index is 0.202. The van der Waals surface area contributed by atoms with Gasteiger partial charge in [0.1, 0.15) is 17.1 Å². The van der Waals surface area contributed by atoms with Gasteiger partial charge < -0.3 is 19.7 Å². The Hall–Kier alpha value is -3.28. The van der Waals surface area contributed by atoms with Crippen molar-refractivity contribution in [1.29, 1.82) is 0 Å². The lowest BCUT2D eigenvalue weighted by atomic mass is 10.1. The zero-order valence-corrected chi connectivity index (χ0v) is 15.5. The third kappa shape index (κ3) is 3.65. The number of aromatic hydroxyl groups is 1. The van der Waals surface area contributed by atoms with Gasteiger partial charge in [0.05, 0.1) is 12.6 Å². The van der Waals surface area contributed by atoms with Crippen LogP contribution < -0.4 is 15.6 Å². The molecule has 0 saturated carbocycles. The van der Waals surface area contributed by atoms with E-state index in [1.807, 2.05) is 13.8 Å². The molecule has 0 aliphatic rings. The predicted molar refractivity (Wildman–Crippen MR) is 106 cm³/mol. The molecule has 2 aromatic carbocycles. The first-order chi connectivity index (χ1) is 12.9. The van der Waals surface area contributed by atoms with Gasteiger partial charge in [-0.25, -0.2) is 0 Å². The quantitative estimate of drug-likeness (QED) is 0.723. The number of rotatable bonds is 5. The molecule has 6 nitrogen and oxygen atoms in total. The normalized spacial score (nSPS) is 11.0. The summed E-state index contributed by atoms with van der Waals surface area (Å²) in [5.74, 6) is -0.0958. The number of hydrogen-bond donors (Lipinski definition) is 2. The molecule has 1 amide bonds. The van der Waals surface area contributed by atoms with E-state index in [-0.39, 0.29) is 17.2 Å². The molecule has 0 fully saturated rings. The van der Waals surface area contributed by atoms with Crippen LogP contribution in [0.15, 0.2) is 53.3 Å². The van der Waals surface area contributed by atoms with Gasteiger partial charge in [-0.05, 0) is 42.3 Å². The first-order valence-corrected chi connectivity index (χ1v) is 8.72. The number of nitrogens with zero attached hydrogens (tertiary/aromatic N) is 1. The van der Waals surface area contributed by atoms with E-state index in [9.17, 15) is 14.7 Å². The number of methoxy groups -OCH3 is 1. The van der Waals surface area contributed by atoms with Crippen molar-refractivity contribution in [2.45, 2.75) is 20.4 Å². The number of benzene rings is 2. The topological polar surface area (TPSA) is 80.6 Å². The summed E-state index contributed by atoms with van der Waals surface area (Å²) in [6.45, 7) is 4.43. The van der Waals surface area contributed by atoms with E-state index in [1.165, 1.54) is 0 Å². The smallest absolute Gasteiger partial charge is 0.267 e. The minimum Gasteiger partial charge on any atom is -0.506 e. The van der Waals surface area contributed by atoms with E-state index in [1.54, 1.807) is 60.2 Å². The van der Waals surface area contributed by atoms with Crippen molar-refractivity contribution in [2.75, 3.05) is 12.4 Å². The Kier molecular flexibility index (Phi) is 5.16. The second-order valence-electron chi connectivity index (χ2n) is 6.73. The number of pyridine rings is 1. The number of hydrogen-bond acceptors (Lipinski definition) is 4. The molecule has 3 rings (SSSR count). The van der Waals surface area contributed by atoms with Gasteiger partial charge in [-0.2, -0.15) is 0 Å². The lowest BCUT2D eigenvalue weighted by Crippen LogP contribution is -2.31. The molecule has 0 atom stereocenters. The summed E-state index contributed by atoms with van der Waals surface area (Å²) < 4.78 is 6.64. The molecule has 1 heterocycles. The number of amides is 1. The summed E-state index contributed by atoms with van der Waals surface area (Å²) in [6.07, 6.45) is 0. The second-order valence-corrected chi connectivity index (χ2v) is 6.73. The van der Waals surface area contributed by atoms with Crippen LogP contribution in [0, 0.1) is 5.92 Å². The Morgan fingerprint density at radius 3 is 2.44 bits per heavy atom. The Labute approximate surface area is 157 Å². The lowest BCUT2D eigenvalue weighted by molar-refractivity contribution is 0.102. The van der Waals surface area contributed by atoms with E-state index < -0.39 is 11.5 Å². The summed E-state index contributed by atoms with van der Waals surface area (Å²) >= 11 is 0. The van der Waals surface area contributed by atoms with Crippen LogP contribution in [-0.4, -0.2) is 22.7 Å². The van der Waals surface area contributed by atoms with E-state index in [0.29, 0.717) is 28.9 Å². The maximum absolute atomic E-state index is 13.0. The molecule has 0 saturated heterocycles. The highest BCUT2D eigenvalue weighted by molar-refractivity contribution is 6.09. The van der Waals surface area contributed by atoms with Crippen molar-refractivity contribution >= 4 is 22.5 Å². The molecular formula is C21H22N2O4. The Balaban J connectivity index is 2.09. The average molecular weight is 366 g/mol. The van der Waals surface area contributed by atoms with E-state index in [4.69, 9.17) is 4.74 Å². The van der Waals surface area contributed by atoms with Crippen LogP contribution in [0.3, 0.4) is 0 Å². The van der Waals surface area contributed by atoms with Crippen molar-refractivity contribution < 1.29 is 14.6 Å². The van der Waals surface area contributed by atoms with Gasteiger partial charge in [0.25, 0.3) is 11.5 Å². The fourth-order valence-electron chi connectivity index (χ4n) is 3.01. The number of carbonyl (C=O) groups excluding carboxylic acids is 1. The summed E-state index contributed by atoms with van der Waals surface area (Å²) in [7, 11) is 1.55. The van der Waals surface area contributed by atoms with Crippen molar-refractivity contribution in [1.82, 2.24) is 4.57 Å². The SMILES string of the molecule is COc1ccc(NC(=O)c2c(O)c3ccccc3n(CC(C)C)c2=O)cc1. The number of para-hydroxylation sites is 1. The summed E-state index contributed by atoms with van der Waals surface area (Å²) in [4.78, 5) is 25.8. The molecular weight excluding hydrogens is 344 g/mol. The number of aromatic nitrogens is 1. The van der Waals surface area contributed by atoms with Crippen LogP contribution in [0.25, 0.3) is 10.9 Å². The van der Waals surface area contributed by atoms with Crippen molar-refractivity contribution in [3.63, 3.8) is 0 Å². The first kappa shape index (κ1) is 18.5. The molecule has 0 aliphatic carbocycles. The Morgan fingerprint density at radius 2 is 1.81 bits per heavy atom. The molecule has 6 heteroatoms. The van der Waals surface area contributed by atoms with Crippen LogP contribution >= 0.6 is 0 Å². The molecule has 0 radical (unpaired) electrons. The Morgan fingerprint density at radius 1 is 1.15 bits per heavy atom. The van der Waals surface area contributed by atoms with E-state index in [2.05, 4.69) is 5.32 Å². The van der Waals surface area contributed by atoms with Crippen molar-refractivity contribution in [3.8, 4) is 11.5 Å². The Bertz CT molecular complexity index is 1040. The van der Waals surface area contributed by atoms with Crippen LogP contribution in [0.1, 0.15) is 24.2 Å². The molecule has 0 spiro atoms. The molecule has 0 unspecified atom stereocenters. The zero-order chi connectivity index (χ0) is 19.6. The number of nitrogens with one attached hydrogen (secondary N) is 1. The number of anilines is 1. The van der Waals surface area contributed by atoms with Gasteiger partial charge in [0.2, 0.25) is 0 Å². The number of carbonyl (C=O) groups is 1. The average Bonchev–Trinajstić information content (AvgIpc) is 2.65. The van der Waals surface area contributed by atoms with Gasteiger partial charge >= 0.3 is 0 Å². The third-order valence-electron chi connectivity index (χ3n) is 4.27. The molecule has 1 aromatic heterocycles. The van der Waals surface area contributed by atoms with Crippen molar-refractivity contribution in [2.24, 2.45) is 5.92 Å². The maximum atomic E-state index is 13.0. The molecule has 3 aromatic rings. The van der Waals surface area contributed by atoms with Gasteiger partial charge in [-0.1, -0.05) is 26.0 Å². The summed E-state index contributed by atoms with van der Waals surface area (Å²) in [6, 6.07) is 13.8. The highest BCUT2D eigenvalue weighted by Crippen LogP contribution is 2.27. The third-order valence-corrected chi connectivity index (χ3v) is 4.27. The standard InChI is InChI=1S/C21H22N2O4/c1-13(2)12-23-17-7-5-4-6-16(17)19(24)18(21(23)26)20(25)22-14-8-10-15(27-3)11-9-14/h4-11,13,24H,12H2,1-3H3,(H,22,25). The fraction of sp³-hybridized carbons (Fsp3) is 0.238. The van der Waals surface area contributed by atoms with Crippen molar-refractivity contribution in [3.05, 3.63) is 64.4 Å². The van der Waals surface area contributed by atoms with Gasteiger partial charge in [-0.15, -0.1) is 0 Å². The second kappa shape index (κ2) is 7.53. The zero-order valence-electron chi connectivity index (χ0n) is 15.5. The fourth-order valence-corrected chi connectivity index (χ4v) is 3.01. The van der Waals surface area contributed by atoms with Crippen LogP contribution in [-0.2, 0) is 6.54 Å². The molecule has 0 bridgehead atoms.